The molecule has 2 rings (SSSR count). The van der Waals surface area contributed by atoms with E-state index in [9.17, 15) is 9.59 Å². The molecule has 126 valence electrons. The van der Waals surface area contributed by atoms with Crippen LogP contribution in [0.4, 0.5) is 4.79 Å². The average Bonchev–Trinajstić information content (AvgIpc) is 2.54. The third-order valence-electron chi connectivity index (χ3n) is 3.94. The summed E-state index contributed by atoms with van der Waals surface area (Å²) >= 11 is 0. The summed E-state index contributed by atoms with van der Waals surface area (Å²) in [5.41, 5.74) is 1.81. The van der Waals surface area contributed by atoms with Crippen LogP contribution in [0.25, 0.3) is 0 Å². The van der Waals surface area contributed by atoms with Crippen LogP contribution >= 0.6 is 0 Å². The molecule has 2 amide bonds. The summed E-state index contributed by atoms with van der Waals surface area (Å²) in [6.07, 6.45) is 1.27. The largest absolute Gasteiger partial charge is 0.449 e. The summed E-state index contributed by atoms with van der Waals surface area (Å²) in [6, 6.07) is 7.65. The number of nitrogens with zero attached hydrogens (tertiary/aromatic N) is 1. The lowest BCUT2D eigenvalue weighted by molar-refractivity contribution is 0.0785. The summed E-state index contributed by atoms with van der Waals surface area (Å²) in [7, 11) is 0. The number of aryl methyl sites for hydroxylation is 1. The van der Waals surface area contributed by atoms with E-state index in [1.807, 2.05) is 45.0 Å². The van der Waals surface area contributed by atoms with E-state index < -0.39 is 0 Å². The van der Waals surface area contributed by atoms with E-state index in [1.165, 1.54) is 0 Å². The molecule has 0 radical (unpaired) electrons. The molecule has 1 aliphatic heterocycles. The number of hydrogen-bond acceptors (Lipinski definition) is 3. The van der Waals surface area contributed by atoms with Crippen molar-refractivity contribution in [1.29, 1.82) is 0 Å². The van der Waals surface area contributed by atoms with Crippen LogP contribution in [0.2, 0.25) is 0 Å². The highest BCUT2D eigenvalue weighted by atomic mass is 16.6. The first-order valence-electron chi connectivity index (χ1n) is 8.25. The van der Waals surface area contributed by atoms with Gasteiger partial charge in [-0.2, -0.15) is 0 Å². The Morgan fingerprint density at radius 1 is 1.22 bits per heavy atom. The van der Waals surface area contributed by atoms with E-state index in [0.29, 0.717) is 31.2 Å². The van der Waals surface area contributed by atoms with Gasteiger partial charge in [0.05, 0.1) is 6.61 Å². The van der Waals surface area contributed by atoms with Crippen molar-refractivity contribution in [3.8, 4) is 0 Å². The quantitative estimate of drug-likeness (QED) is 0.928. The van der Waals surface area contributed by atoms with Crippen molar-refractivity contribution < 1.29 is 14.3 Å². The minimum absolute atomic E-state index is 0.0502. The number of carbonyl (C=O) groups is 2. The number of nitrogens with one attached hydrogen (secondary N) is 1. The highest BCUT2D eigenvalue weighted by Gasteiger charge is 2.25. The Morgan fingerprint density at radius 3 is 2.39 bits per heavy atom. The maximum Gasteiger partial charge on any atom is 0.409 e. The van der Waals surface area contributed by atoms with Crippen LogP contribution in [0.15, 0.2) is 24.3 Å². The zero-order chi connectivity index (χ0) is 16.8. The monoisotopic (exact) mass is 318 g/mol. The van der Waals surface area contributed by atoms with Gasteiger partial charge in [0.2, 0.25) is 0 Å². The number of piperidine rings is 1. The van der Waals surface area contributed by atoms with Crippen LogP contribution in [0.3, 0.4) is 0 Å². The molecular formula is C18H26N2O3. The van der Waals surface area contributed by atoms with E-state index in [4.69, 9.17) is 4.74 Å². The lowest BCUT2D eigenvalue weighted by Gasteiger charge is -2.31. The van der Waals surface area contributed by atoms with Gasteiger partial charge in [0, 0.05) is 24.7 Å². The summed E-state index contributed by atoms with van der Waals surface area (Å²) in [6.45, 7) is 7.71. The average molecular weight is 318 g/mol. The molecule has 1 aliphatic rings. The van der Waals surface area contributed by atoms with Gasteiger partial charge in [-0.25, -0.2) is 4.79 Å². The van der Waals surface area contributed by atoms with Gasteiger partial charge < -0.3 is 15.0 Å². The highest BCUT2D eigenvalue weighted by Crippen LogP contribution is 2.13. The van der Waals surface area contributed by atoms with Crippen molar-refractivity contribution in [3.05, 3.63) is 35.4 Å². The zero-order valence-electron chi connectivity index (χ0n) is 14.2. The van der Waals surface area contributed by atoms with Gasteiger partial charge in [-0.3, -0.25) is 4.79 Å². The number of amides is 2. The Kier molecular flexibility index (Phi) is 6.02. The Labute approximate surface area is 138 Å². The molecule has 0 aliphatic carbocycles. The number of likely N-dealkylation sites (tertiary alicyclic amines) is 1. The van der Waals surface area contributed by atoms with Crippen LogP contribution in [0, 0.1) is 12.8 Å². The Balaban J connectivity index is 1.77. The number of carbonyl (C=O) groups excluding carboxylic acids is 2. The standard InChI is InChI=1S/C18H26N2O3/c1-13(2)12-23-18(22)20-10-8-16(9-11-20)19-17(21)15-6-4-14(3)5-7-15/h4-7,13,16H,8-12H2,1-3H3,(H,19,21). The van der Waals surface area contributed by atoms with Gasteiger partial charge in [-0.15, -0.1) is 0 Å². The second-order valence-corrected chi connectivity index (χ2v) is 6.57. The van der Waals surface area contributed by atoms with E-state index >= 15 is 0 Å². The molecule has 0 saturated carbocycles. The SMILES string of the molecule is Cc1ccc(C(=O)NC2CCN(C(=O)OCC(C)C)CC2)cc1. The van der Waals surface area contributed by atoms with Gasteiger partial charge in [-0.1, -0.05) is 31.5 Å². The van der Waals surface area contributed by atoms with Crippen molar-refractivity contribution >= 4 is 12.0 Å². The lowest BCUT2D eigenvalue weighted by Crippen LogP contribution is -2.46. The van der Waals surface area contributed by atoms with Gasteiger partial charge in [0.25, 0.3) is 5.91 Å². The van der Waals surface area contributed by atoms with E-state index in [1.54, 1.807) is 4.90 Å². The minimum Gasteiger partial charge on any atom is -0.449 e. The normalized spacial score (nSPS) is 15.6. The molecule has 1 heterocycles. The number of benzene rings is 1. The van der Waals surface area contributed by atoms with Gasteiger partial charge in [0.1, 0.15) is 0 Å². The topological polar surface area (TPSA) is 58.6 Å². The zero-order valence-corrected chi connectivity index (χ0v) is 14.2. The smallest absolute Gasteiger partial charge is 0.409 e. The Bertz CT molecular complexity index is 532. The predicted octanol–water partition coefficient (Wildman–Crippen LogP) is 2.98. The van der Waals surface area contributed by atoms with Crippen LogP contribution in [-0.2, 0) is 4.74 Å². The van der Waals surface area contributed by atoms with Crippen molar-refractivity contribution in [2.45, 2.75) is 39.7 Å². The lowest BCUT2D eigenvalue weighted by atomic mass is 10.0. The molecule has 1 aromatic rings. The number of rotatable bonds is 4. The fourth-order valence-corrected chi connectivity index (χ4v) is 2.51. The van der Waals surface area contributed by atoms with Crippen molar-refractivity contribution in [3.63, 3.8) is 0 Å². The minimum atomic E-state index is -0.248. The predicted molar refractivity (Wildman–Crippen MR) is 89.4 cm³/mol. The number of hydrogen-bond donors (Lipinski definition) is 1. The molecule has 1 aromatic carbocycles. The molecule has 0 atom stereocenters. The van der Waals surface area contributed by atoms with Crippen molar-refractivity contribution in [2.24, 2.45) is 5.92 Å². The molecule has 23 heavy (non-hydrogen) atoms. The van der Waals surface area contributed by atoms with Crippen molar-refractivity contribution in [1.82, 2.24) is 10.2 Å². The fraction of sp³-hybridized carbons (Fsp3) is 0.556. The van der Waals surface area contributed by atoms with Crippen LogP contribution in [0.5, 0.6) is 0 Å². The fourth-order valence-electron chi connectivity index (χ4n) is 2.51. The summed E-state index contributed by atoms with van der Waals surface area (Å²) in [5.74, 6) is 0.288. The summed E-state index contributed by atoms with van der Waals surface area (Å²) in [4.78, 5) is 25.8. The maximum absolute atomic E-state index is 12.2. The first kappa shape index (κ1) is 17.3. The Morgan fingerprint density at radius 2 is 1.83 bits per heavy atom. The molecule has 0 unspecified atom stereocenters. The second-order valence-electron chi connectivity index (χ2n) is 6.57. The highest BCUT2D eigenvalue weighted by molar-refractivity contribution is 5.94. The molecule has 0 aromatic heterocycles. The summed E-state index contributed by atoms with van der Waals surface area (Å²) < 4.78 is 5.24. The molecule has 5 heteroatoms. The molecule has 1 fully saturated rings. The Hall–Kier alpha value is -2.04. The van der Waals surface area contributed by atoms with Gasteiger partial charge in [-0.05, 0) is 37.8 Å². The molecule has 0 bridgehead atoms. The van der Waals surface area contributed by atoms with E-state index in [0.717, 1.165) is 18.4 Å². The first-order valence-corrected chi connectivity index (χ1v) is 8.25. The third-order valence-corrected chi connectivity index (χ3v) is 3.94. The molecule has 1 N–H and O–H groups in total. The molecular weight excluding hydrogens is 292 g/mol. The molecule has 0 spiro atoms. The van der Waals surface area contributed by atoms with Crippen LogP contribution in [-0.4, -0.2) is 42.6 Å². The first-order chi connectivity index (χ1) is 11.0. The van der Waals surface area contributed by atoms with Crippen molar-refractivity contribution in [2.75, 3.05) is 19.7 Å². The summed E-state index contributed by atoms with van der Waals surface area (Å²) in [5, 5.41) is 3.05. The van der Waals surface area contributed by atoms with E-state index in [-0.39, 0.29) is 18.0 Å². The van der Waals surface area contributed by atoms with E-state index in [2.05, 4.69) is 5.32 Å². The van der Waals surface area contributed by atoms with Crippen LogP contribution in [0.1, 0.15) is 42.6 Å². The molecule has 5 nitrogen and oxygen atoms in total. The van der Waals surface area contributed by atoms with Crippen LogP contribution < -0.4 is 5.32 Å². The molecule has 1 saturated heterocycles. The maximum atomic E-state index is 12.2. The van der Waals surface area contributed by atoms with Gasteiger partial charge in [0.15, 0.2) is 0 Å². The number of ether oxygens (including phenoxy) is 1. The third kappa shape index (κ3) is 5.27. The van der Waals surface area contributed by atoms with Gasteiger partial charge >= 0.3 is 6.09 Å². The second kappa shape index (κ2) is 7.99.